The van der Waals surface area contributed by atoms with Crippen LogP contribution in [0, 0.1) is 17.6 Å². The predicted octanol–water partition coefficient (Wildman–Crippen LogP) is 4.57. The Morgan fingerprint density at radius 3 is 2.23 bits per heavy atom. The molecule has 0 radical (unpaired) electrons. The quantitative estimate of drug-likeness (QED) is 0.324. The number of piperidine rings is 1. The Kier molecular flexibility index (Phi) is 8.67. The number of ether oxygens (including phenoxy) is 2. The summed E-state index contributed by atoms with van der Waals surface area (Å²) in [6, 6.07) is 2.22. The van der Waals surface area contributed by atoms with Gasteiger partial charge in [-0.1, -0.05) is 0 Å². The topological polar surface area (TPSA) is 111 Å². The fourth-order valence-electron chi connectivity index (χ4n) is 4.16. The van der Waals surface area contributed by atoms with Gasteiger partial charge in [0.05, 0.1) is 12.2 Å². The summed E-state index contributed by atoms with van der Waals surface area (Å²) < 4.78 is 40.7. The molecule has 1 aliphatic carbocycles. The van der Waals surface area contributed by atoms with Gasteiger partial charge in [0.1, 0.15) is 18.4 Å². The van der Waals surface area contributed by atoms with E-state index in [1.165, 1.54) is 12.4 Å². The number of aldehydes is 1. The van der Waals surface area contributed by atoms with Crippen LogP contribution in [0.4, 0.5) is 13.6 Å². The number of halogens is 2. The minimum Gasteiger partial charge on any atom is -0.487 e. The summed E-state index contributed by atoms with van der Waals surface area (Å²) in [6.45, 7) is 7.87. The first-order valence-corrected chi connectivity index (χ1v) is 13.2. The lowest BCUT2D eigenvalue weighted by Gasteiger charge is -2.32. The maximum Gasteiger partial charge on any atom is 0.410 e. The Balaban J connectivity index is 1.34. The van der Waals surface area contributed by atoms with Gasteiger partial charge in [-0.15, -0.1) is 0 Å². The Hall–Kier alpha value is -3.67. The summed E-state index contributed by atoms with van der Waals surface area (Å²) >= 11 is 0. The van der Waals surface area contributed by atoms with Gasteiger partial charge < -0.3 is 19.2 Å². The van der Waals surface area contributed by atoms with Crippen molar-refractivity contribution in [2.45, 2.75) is 64.6 Å². The Morgan fingerprint density at radius 1 is 1.10 bits per heavy atom. The molecule has 0 unspecified atom stereocenters. The molecule has 1 aliphatic heterocycles. The number of rotatable bonds is 9. The number of carbonyl (C=O) groups excluding carboxylic acids is 3. The molecule has 1 aromatic carbocycles. The van der Waals surface area contributed by atoms with E-state index >= 15 is 0 Å². The van der Waals surface area contributed by atoms with Gasteiger partial charge >= 0.3 is 12.0 Å². The van der Waals surface area contributed by atoms with Crippen LogP contribution in [0.5, 0.6) is 5.75 Å². The fourth-order valence-corrected chi connectivity index (χ4v) is 4.16. The Labute approximate surface area is 231 Å². The molecule has 40 heavy (non-hydrogen) atoms. The van der Waals surface area contributed by atoms with Crippen LogP contribution >= 0.6 is 0 Å². The highest BCUT2D eigenvalue weighted by Gasteiger charge is 2.43. The molecular formula is C28H34F2N4O6. The van der Waals surface area contributed by atoms with Crippen LogP contribution in [0.1, 0.15) is 64.0 Å². The van der Waals surface area contributed by atoms with Crippen LogP contribution < -0.4 is 4.74 Å². The van der Waals surface area contributed by atoms with E-state index in [1.54, 1.807) is 25.7 Å². The summed E-state index contributed by atoms with van der Waals surface area (Å²) in [5, 5.41) is 0.859. The minimum absolute atomic E-state index is 0.0403. The van der Waals surface area contributed by atoms with Gasteiger partial charge in [0.2, 0.25) is 5.82 Å². The van der Waals surface area contributed by atoms with Gasteiger partial charge in [-0.3, -0.25) is 9.63 Å². The first-order chi connectivity index (χ1) is 18.9. The molecule has 216 valence electrons. The molecule has 12 heteroatoms. The molecule has 2 aliphatic rings. The van der Waals surface area contributed by atoms with Gasteiger partial charge in [-0.25, -0.2) is 28.6 Å². The highest BCUT2D eigenvalue weighted by atomic mass is 19.1. The maximum absolute atomic E-state index is 14.9. The van der Waals surface area contributed by atoms with Crippen molar-refractivity contribution in [3.63, 3.8) is 0 Å². The van der Waals surface area contributed by atoms with E-state index in [9.17, 15) is 23.2 Å². The van der Waals surface area contributed by atoms with Gasteiger partial charge in [0.25, 0.3) is 0 Å². The standard InChI is InChI=1S/C28H34F2N4O6/c1-27(2,3)40-34(11-12-35)25(36)24-31-15-20(16-32-24)19-13-21(29)23(22(30)14-19)38-17-18-5-9-33(10-6-18)26(37)39-28(4)7-8-28/h12-16,18H,5-11,17H2,1-4H3. The smallest absolute Gasteiger partial charge is 0.410 e. The highest BCUT2D eigenvalue weighted by Crippen LogP contribution is 2.39. The van der Waals surface area contributed by atoms with Crippen LogP contribution in [-0.4, -0.2) is 75.7 Å². The zero-order valence-corrected chi connectivity index (χ0v) is 23.1. The van der Waals surface area contributed by atoms with E-state index in [0.29, 0.717) is 32.2 Å². The van der Waals surface area contributed by atoms with Crippen molar-refractivity contribution in [3.05, 3.63) is 42.0 Å². The summed E-state index contributed by atoms with van der Waals surface area (Å²) in [6.07, 6.45) is 5.76. The number of carbonyl (C=O) groups is 3. The summed E-state index contributed by atoms with van der Waals surface area (Å²) in [5.74, 6) is -3.18. The molecule has 2 heterocycles. The molecule has 0 atom stereocenters. The Morgan fingerprint density at radius 2 is 1.70 bits per heavy atom. The number of aromatic nitrogens is 2. The number of hydrogen-bond donors (Lipinski definition) is 0. The lowest BCUT2D eigenvalue weighted by molar-refractivity contribution is -0.194. The normalized spacial score (nSPS) is 16.8. The van der Waals surface area contributed by atoms with Crippen molar-refractivity contribution < 1.29 is 37.5 Å². The molecule has 0 spiro atoms. The first-order valence-electron chi connectivity index (χ1n) is 13.2. The number of hydroxylamine groups is 2. The van der Waals surface area contributed by atoms with Gasteiger partial charge in [-0.05, 0) is 77.0 Å². The second-order valence-electron chi connectivity index (χ2n) is 11.4. The van der Waals surface area contributed by atoms with Crippen molar-refractivity contribution in [1.29, 1.82) is 0 Å². The molecule has 1 saturated heterocycles. The SMILES string of the molecule is CC(C)(C)ON(CC=O)C(=O)c1ncc(-c2cc(F)c(OCC3CCN(C(=O)OC4(C)CC4)CC3)c(F)c2)cn1. The predicted molar refractivity (Wildman–Crippen MR) is 139 cm³/mol. The molecule has 2 aromatic rings. The fraction of sp³-hybridized carbons (Fsp3) is 0.536. The third-order valence-corrected chi connectivity index (χ3v) is 6.65. The van der Waals surface area contributed by atoms with E-state index in [4.69, 9.17) is 14.3 Å². The van der Waals surface area contributed by atoms with Crippen molar-refractivity contribution in [2.75, 3.05) is 26.2 Å². The van der Waals surface area contributed by atoms with E-state index in [-0.39, 0.29) is 47.7 Å². The van der Waals surface area contributed by atoms with E-state index in [1.807, 2.05) is 6.92 Å². The average molecular weight is 561 g/mol. The molecule has 2 fully saturated rings. The molecule has 0 bridgehead atoms. The van der Waals surface area contributed by atoms with Crippen LogP contribution in [-0.2, 0) is 14.4 Å². The van der Waals surface area contributed by atoms with Crippen LogP contribution in [0.25, 0.3) is 11.1 Å². The number of hydrogen-bond acceptors (Lipinski definition) is 8. The lowest BCUT2D eigenvalue weighted by atomic mass is 9.98. The third kappa shape index (κ3) is 7.50. The number of amides is 2. The van der Waals surface area contributed by atoms with E-state index in [0.717, 1.165) is 30.0 Å². The van der Waals surface area contributed by atoms with Crippen molar-refractivity contribution in [2.24, 2.45) is 5.92 Å². The molecule has 10 nitrogen and oxygen atoms in total. The molecule has 1 aromatic heterocycles. The van der Waals surface area contributed by atoms with Gasteiger partial charge in [-0.2, -0.15) is 0 Å². The minimum atomic E-state index is -0.885. The maximum atomic E-state index is 14.9. The summed E-state index contributed by atoms with van der Waals surface area (Å²) in [4.78, 5) is 51.1. The molecule has 2 amide bonds. The van der Waals surface area contributed by atoms with Crippen LogP contribution in [0.15, 0.2) is 24.5 Å². The van der Waals surface area contributed by atoms with E-state index < -0.39 is 28.9 Å². The molecular weight excluding hydrogens is 526 g/mol. The molecule has 4 rings (SSSR count). The van der Waals surface area contributed by atoms with Crippen molar-refractivity contribution in [3.8, 4) is 16.9 Å². The Bertz CT molecular complexity index is 1220. The average Bonchev–Trinajstić information content (AvgIpc) is 3.63. The second kappa shape index (κ2) is 11.8. The van der Waals surface area contributed by atoms with Crippen LogP contribution in [0.3, 0.4) is 0 Å². The summed E-state index contributed by atoms with van der Waals surface area (Å²) in [5.41, 5.74) is -0.632. The molecule has 1 saturated carbocycles. The van der Waals surface area contributed by atoms with Gasteiger partial charge in [0, 0.05) is 31.0 Å². The number of benzene rings is 1. The number of nitrogens with zero attached hydrogens (tertiary/aromatic N) is 4. The molecule has 0 N–H and O–H groups in total. The largest absolute Gasteiger partial charge is 0.487 e. The highest BCUT2D eigenvalue weighted by molar-refractivity contribution is 5.91. The zero-order valence-electron chi connectivity index (χ0n) is 23.1. The van der Waals surface area contributed by atoms with Crippen LogP contribution in [0.2, 0.25) is 0 Å². The number of likely N-dealkylation sites (tertiary alicyclic amines) is 1. The summed E-state index contributed by atoms with van der Waals surface area (Å²) in [7, 11) is 0. The monoisotopic (exact) mass is 560 g/mol. The van der Waals surface area contributed by atoms with Crippen molar-refractivity contribution >= 4 is 18.3 Å². The van der Waals surface area contributed by atoms with Crippen molar-refractivity contribution in [1.82, 2.24) is 19.9 Å². The zero-order chi connectivity index (χ0) is 29.1. The van der Waals surface area contributed by atoms with Gasteiger partial charge in [0.15, 0.2) is 17.4 Å². The second-order valence-corrected chi connectivity index (χ2v) is 11.4. The first kappa shape index (κ1) is 29.3. The lowest BCUT2D eigenvalue weighted by Crippen LogP contribution is -2.41. The van der Waals surface area contributed by atoms with E-state index in [2.05, 4.69) is 9.97 Å². The third-order valence-electron chi connectivity index (χ3n) is 6.65.